The summed E-state index contributed by atoms with van der Waals surface area (Å²) in [5, 5.41) is 0. The zero-order chi connectivity index (χ0) is 20.8. The van der Waals surface area contributed by atoms with E-state index in [1.165, 1.54) is 19.1 Å². The number of Topliss-reactive ketones (excluding diaryl/α,β-unsaturated/α-hetero) is 1. The first-order valence-corrected chi connectivity index (χ1v) is 9.45. The van der Waals surface area contributed by atoms with Crippen LogP contribution in [0.5, 0.6) is 0 Å². The molecule has 148 valence electrons. The van der Waals surface area contributed by atoms with Gasteiger partial charge in [-0.05, 0) is 38.7 Å². The number of halogens is 1. The molecule has 0 saturated carbocycles. The summed E-state index contributed by atoms with van der Waals surface area (Å²) in [7, 11) is 0. The van der Waals surface area contributed by atoms with Gasteiger partial charge in [-0.15, -0.1) is 5.73 Å². The number of rotatable bonds is 6. The monoisotopic (exact) mass is 355 g/mol. The molecule has 0 heterocycles. The molecule has 0 saturated heterocycles. The van der Waals surface area contributed by atoms with Crippen molar-refractivity contribution in [2.75, 3.05) is 0 Å². The van der Waals surface area contributed by atoms with Gasteiger partial charge in [0.1, 0.15) is 11.6 Å². The fraction of sp³-hybridized carbons (Fsp3) is 0.682. The molecule has 0 aliphatic heterocycles. The molecule has 0 unspecified atom stereocenters. The maximum Gasteiger partial charge on any atom is 0.140 e. The molecular weight excluding hydrogens is 313 g/mol. The molecule has 0 aliphatic carbocycles. The Labute approximate surface area is 157 Å². The third kappa shape index (κ3) is 30.9. The molecule has 0 N–H and O–H groups in total. The third-order valence-corrected chi connectivity index (χ3v) is 3.46. The number of hydrogen-bond acceptors (Lipinski definition) is 2. The van der Waals surface area contributed by atoms with Gasteiger partial charge < -0.3 is 4.79 Å². The fourth-order valence-corrected chi connectivity index (χ4v) is 0.767. The summed E-state index contributed by atoms with van der Waals surface area (Å²) < 4.78 is 13.0. The number of hydrogen-bond donors (Lipinski definition) is 0. The molecule has 0 bridgehead atoms. The number of aliphatic imine (C=N–C) groups is 1. The summed E-state index contributed by atoms with van der Waals surface area (Å²) in [6.07, 6.45) is 5.23. The first-order chi connectivity index (χ1) is 11.7. The molecule has 0 radical (unpaired) electrons. The standard InChI is InChI=1S/C10H14FN.C6H14.C4H8O.C2H6/c1-5-8(3)10(11)7-12-9(4)6-2;1-4-6(3)5-2;1-3-4(2)5;1-2/h7H,2,5H2,1,3-4H3;6H,4-5H2,1-3H3;3H2,1-2H3;1-2H3/b10-8-,12-7?;;;. The van der Waals surface area contributed by atoms with Gasteiger partial charge in [-0.2, -0.15) is 0 Å². The van der Waals surface area contributed by atoms with Crippen molar-refractivity contribution < 1.29 is 9.18 Å². The van der Waals surface area contributed by atoms with Crippen LogP contribution in [-0.2, 0) is 4.79 Å². The quantitative estimate of drug-likeness (QED) is 0.352. The highest BCUT2D eigenvalue weighted by Gasteiger charge is 1.94. The van der Waals surface area contributed by atoms with Crippen LogP contribution in [0.1, 0.15) is 94.9 Å². The molecule has 0 spiro atoms. The van der Waals surface area contributed by atoms with Gasteiger partial charge in [0.25, 0.3) is 0 Å². The van der Waals surface area contributed by atoms with E-state index in [-0.39, 0.29) is 11.6 Å². The Morgan fingerprint density at radius 1 is 1.08 bits per heavy atom. The smallest absolute Gasteiger partial charge is 0.140 e. The van der Waals surface area contributed by atoms with Crippen LogP contribution >= 0.6 is 0 Å². The Kier molecular flexibility index (Phi) is 31.0. The van der Waals surface area contributed by atoms with E-state index >= 15 is 0 Å². The van der Waals surface area contributed by atoms with Crippen LogP contribution in [0.4, 0.5) is 4.39 Å². The van der Waals surface area contributed by atoms with Gasteiger partial charge in [0.2, 0.25) is 0 Å². The first-order valence-electron chi connectivity index (χ1n) is 9.45. The van der Waals surface area contributed by atoms with Crippen molar-refractivity contribution >= 4 is 12.0 Å². The maximum absolute atomic E-state index is 13.0. The van der Waals surface area contributed by atoms with Gasteiger partial charge in [-0.3, -0.25) is 4.99 Å². The van der Waals surface area contributed by atoms with E-state index < -0.39 is 0 Å². The minimum Gasteiger partial charge on any atom is -0.300 e. The van der Waals surface area contributed by atoms with Crippen molar-refractivity contribution in [1.29, 1.82) is 0 Å². The van der Waals surface area contributed by atoms with Crippen LogP contribution in [-0.4, -0.2) is 12.0 Å². The topological polar surface area (TPSA) is 29.4 Å². The summed E-state index contributed by atoms with van der Waals surface area (Å²) in [4.78, 5) is 13.6. The van der Waals surface area contributed by atoms with Crippen molar-refractivity contribution in [1.82, 2.24) is 0 Å². The molecule has 3 heteroatoms. The molecule has 0 atom stereocenters. The molecule has 0 aliphatic rings. The van der Waals surface area contributed by atoms with Crippen LogP contribution in [0.15, 0.2) is 34.4 Å². The third-order valence-electron chi connectivity index (χ3n) is 3.46. The van der Waals surface area contributed by atoms with Crippen LogP contribution in [0, 0.1) is 5.92 Å². The summed E-state index contributed by atoms with van der Waals surface area (Å²) in [6.45, 7) is 22.9. The summed E-state index contributed by atoms with van der Waals surface area (Å²) in [5.41, 5.74) is 3.85. The minimum atomic E-state index is -0.271. The van der Waals surface area contributed by atoms with Crippen LogP contribution in [0.2, 0.25) is 0 Å². The molecule has 0 aromatic heterocycles. The number of ketones is 1. The number of carbonyl (C=O) groups is 1. The van der Waals surface area contributed by atoms with Crippen LogP contribution in [0.3, 0.4) is 0 Å². The van der Waals surface area contributed by atoms with Gasteiger partial charge in [0, 0.05) is 6.42 Å². The van der Waals surface area contributed by atoms with E-state index in [2.05, 4.69) is 38.1 Å². The summed E-state index contributed by atoms with van der Waals surface area (Å²) >= 11 is 0. The van der Waals surface area contributed by atoms with E-state index in [0.717, 1.165) is 5.92 Å². The predicted octanol–water partition coefficient (Wildman–Crippen LogP) is 7.85. The van der Waals surface area contributed by atoms with E-state index in [1.807, 2.05) is 27.7 Å². The molecule has 0 aromatic rings. The average molecular weight is 356 g/mol. The van der Waals surface area contributed by atoms with Crippen molar-refractivity contribution in [2.45, 2.75) is 94.9 Å². The van der Waals surface area contributed by atoms with E-state index in [9.17, 15) is 9.18 Å². The Morgan fingerprint density at radius 3 is 1.68 bits per heavy atom. The molecule has 0 amide bonds. The Hall–Kier alpha value is -1.47. The lowest BCUT2D eigenvalue weighted by atomic mass is 10.1. The summed E-state index contributed by atoms with van der Waals surface area (Å²) in [6, 6.07) is 0. The zero-order valence-electron chi connectivity index (χ0n) is 18.4. The molecule has 0 rings (SSSR count). The lowest BCUT2D eigenvalue weighted by Crippen LogP contribution is -1.85. The van der Waals surface area contributed by atoms with Gasteiger partial charge in [0.15, 0.2) is 0 Å². The van der Waals surface area contributed by atoms with Gasteiger partial charge >= 0.3 is 0 Å². The second kappa shape index (κ2) is 24.8. The normalized spacial score (nSPS) is 10.2. The fourth-order valence-electron chi connectivity index (χ4n) is 0.767. The number of nitrogens with zero attached hydrogens (tertiary/aromatic N) is 1. The van der Waals surface area contributed by atoms with E-state index in [1.54, 1.807) is 20.8 Å². The molecule has 0 aromatic carbocycles. The second-order valence-corrected chi connectivity index (χ2v) is 5.48. The van der Waals surface area contributed by atoms with Gasteiger partial charge in [0.05, 0.1) is 11.9 Å². The number of allylic oxidation sites excluding steroid dienone is 3. The molecule has 2 nitrogen and oxygen atoms in total. The van der Waals surface area contributed by atoms with Crippen LogP contribution in [0.25, 0.3) is 0 Å². The highest BCUT2D eigenvalue weighted by molar-refractivity contribution is 5.77. The van der Waals surface area contributed by atoms with Crippen molar-refractivity contribution in [3.63, 3.8) is 0 Å². The van der Waals surface area contributed by atoms with E-state index in [0.29, 0.717) is 24.1 Å². The second-order valence-electron chi connectivity index (χ2n) is 5.48. The minimum absolute atomic E-state index is 0.255. The van der Waals surface area contributed by atoms with Gasteiger partial charge in [-0.25, -0.2) is 4.39 Å². The Bertz CT molecular complexity index is 412. The zero-order valence-corrected chi connectivity index (χ0v) is 18.4. The SMILES string of the molecule is C=C=C(C)N=C/C(F)=C(\C)CC.CC.CCC(C)=O.CCC(C)CC. The average Bonchev–Trinajstić information content (AvgIpc) is 2.66. The first kappa shape index (κ1) is 31.3. The highest BCUT2D eigenvalue weighted by Crippen LogP contribution is 2.07. The number of carbonyl (C=O) groups excluding carboxylic acids is 1. The molecule has 0 fully saturated rings. The maximum atomic E-state index is 13.0. The molecular formula is C22H42FNO. The lowest BCUT2D eigenvalue weighted by molar-refractivity contribution is -0.116. The van der Waals surface area contributed by atoms with Crippen molar-refractivity contribution in [3.05, 3.63) is 29.4 Å². The predicted molar refractivity (Wildman–Crippen MR) is 113 cm³/mol. The largest absolute Gasteiger partial charge is 0.300 e. The van der Waals surface area contributed by atoms with Crippen LogP contribution < -0.4 is 0 Å². The van der Waals surface area contributed by atoms with Crippen molar-refractivity contribution in [2.24, 2.45) is 10.9 Å². The van der Waals surface area contributed by atoms with Gasteiger partial charge in [-0.1, -0.05) is 67.9 Å². The van der Waals surface area contributed by atoms with E-state index in [4.69, 9.17) is 0 Å². The van der Waals surface area contributed by atoms with Crippen molar-refractivity contribution in [3.8, 4) is 0 Å². The summed E-state index contributed by atoms with van der Waals surface area (Å²) in [5.74, 6) is 0.919. The lowest BCUT2D eigenvalue weighted by Gasteiger charge is -1.98. The Morgan fingerprint density at radius 2 is 1.48 bits per heavy atom. The molecule has 25 heavy (non-hydrogen) atoms. The Balaban J connectivity index is -0.000000142. The highest BCUT2D eigenvalue weighted by atomic mass is 19.1.